The van der Waals surface area contributed by atoms with E-state index in [1.165, 1.54) is 42.5 Å². The molecule has 0 aromatic heterocycles. The van der Waals surface area contributed by atoms with E-state index in [9.17, 15) is 14.0 Å². The Balaban J connectivity index is 1.91. The van der Waals surface area contributed by atoms with E-state index in [4.69, 9.17) is 10.2 Å². The minimum Gasteiger partial charge on any atom is -0.508 e. The summed E-state index contributed by atoms with van der Waals surface area (Å²) in [6.07, 6.45) is 5.11. The number of carbonyl (C=O) groups is 2. The zero-order chi connectivity index (χ0) is 17.5. The number of carbonyl (C=O) groups excluding carboxylic acids is 2. The second-order valence-corrected chi connectivity index (χ2v) is 5.08. The van der Waals surface area contributed by atoms with Gasteiger partial charge in [0.25, 0.3) is 0 Å². The highest BCUT2D eigenvalue weighted by Gasteiger charge is 2.04. The van der Waals surface area contributed by atoms with Crippen molar-refractivity contribution in [3.05, 3.63) is 71.6 Å². The Kier molecular flexibility index (Phi) is 5.63. The molecule has 4 nitrogen and oxygen atoms in total. The lowest BCUT2D eigenvalue weighted by Crippen LogP contribution is -2.01. The van der Waals surface area contributed by atoms with Gasteiger partial charge in [-0.05, 0) is 47.5 Å². The van der Waals surface area contributed by atoms with Gasteiger partial charge in [0.2, 0.25) is 0 Å². The van der Waals surface area contributed by atoms with E-state index in [0.29, 0.717) is 5.56 Å². The topological polar surface area (TPSA) is 74.6 Å². The highest BCUT2D eigenvalue weighted by atomic mass is 19.1. The van der Waals surface area contributed by atoms with E-state index in [2.05, 4.69) is 0 Å². The van der Waals surface area contributed by atoms with Crippen LogP contribution < -0.4 is 0 Å². The predicted molar refractivity (Wildman–Crippen MR) is 88.9 cm³/mol. The lowest BCUT2D eigenvalue weighted by Gasteiger charge is -1.97. The van der Waals surface area contributed by atoms with Crippen LogP contribution in [0.4, 0.5) is 4.39 Å². The number of ketones is 2. The number of halogens is 1. The van der Waals surface area contributed by atoms with E-state index in [1.54, 1.807) is 18.2 Å². The predicted octanol–water partition coefficient (Wildman–Crippen LogP) is 3.49. The van der Waals surface area contributed by atoms with E-state index >= 15 is 0 Å². The molecule has 0 aliphatic rings. The third-order valence-electron chi connectivity index (χ3n) is 3.14. The zero-order valence-electron chi connectivity index (χ0n) is 12.6. The monoisotopic (exact) mass is 326 g/mol. The van der Waals surface area contributed by atoms with Crippen molar-refractivity contribution in [2.75, 3.05) is 0 Å². The number of benzene rings is 2. The number of hydrogen-bond acceptors (Lipinski definition) is 4. The molecular formula is C19H15FO4. The first-order valence-electron chi connectivity index (χ1n) is 7.13. The number of phenolic OH excluding ortho intramolecular Hbond substituents is 2. The van der Waals surface area contributed by atoms with Gasteiger partial charge in [-0.15, -0.1) is 0 Å². The van der Waals surface area contributed by atoms with Crippen molar-refractivity contribution in [2.45, 2.75) is 6.42 Å². The second-order valence-electron chi connectivity index (χ2n) is 5.08. The Bertz CT molecular complexity index is 805. The summed E-state index contributed by atoms with van der Waals surface area (Å²) in [4.78, 5) is 23.4. The maximum atomic E-state index is 13.2. The molecule has 0 bridgehead atoms. The van der Waals surface area contributed by atoms with Gasteiger partial charge in [0, 0.05) is 0 Å². The summed E-state index contributed by atoms with van der Waals surface area (Å²) < 4.78 is 13.2. The Hall–Kier alpha value is -3.21. The lowest BCUT2D eigenvalue weighted by atomic mass is 10.1. The molecule has 5 heteroatoms. The van der Waals surface area contributed by atoms with Crippen LogP contribution in [0.5, 0.6) is 11.5 Å². The first-order valence-corrected chi connectivity index (χ1v) is 7.13. The summed E-state index contributed by atoms with van der Waals surface area (Å²) in [5, 5.41) is 18.2. The largest absolute Gasteiger partial charge is 0.508 e. The standard InChI is InChI=1S/C19H15FO4/c20-18-11-14(5-10-19(18)24)4-9-17(23)12-16(22)8-3-13-1-6-15(21)7-2-13/h1-11,21,24H,12H2. The van der Waals surface area contributed by atoms with Crippen molar-refractivity contribution in [3.8, 4) is 11.5 Å². The highest BCUT2D eigenvalue weighted by Crippen LogP contribution is 2.17. The van der Waals surface area contributed by atoms with Crippen LogP contribution in [-0.2, 0) is 9.59 Å². The molecule has 0 aliphatic heterocycles. The third kappa shape index (κ3) is 5.21. The summed E-state index contributed by atoms with van der Waals surface area (Å²) in [6.45, 7) is 0. The molecule has 122 valence electrons. The van der Waals surface area contributed by atoms with Crippen LogP contribution in [-0.4, -0.2) is 21.8 Å². The molecule has 0 fully saturated rings. The van der Waals surface area contributed by atoms with Crippen LogP contribution in [0.3, 0.4) is 0 Å². The fourth-order valence-electron chi connectivity index (χ4n) is 1.88. The van der Waals surface area contributed by atoms with Gasteiger partial charge in [-0.1, -0.05) is 30.4 Å². The van der Waals surface area contributed by atoms with Crippen LogP contribution in [0.15, 0.2) is 54.6 Å². The van der Waals surface area contributed by atoms with Crippen molar-refractivity contribution in [2.24, 2.45) is 0 Å². The van der Waals surface area contributed by atoms with Gasteiger partial charge in [-0.25, -0.2) is 4.39 Å². The molecule has 2 aromatic carbocycles. The molecule has 0 amide bonds. The van der Waals surface area contributed by atoms with Crippen molar-refractivity contribution in [1.82, 2.24) is 0 Å². The molecular weight excluding hydrogens is 311 g/mol. The average molecular weight is 326 g/mol. The van der Waals surface area contributed by atoms with Crippen molar-refractivity contribution < 1.29 is 24.2 Å². The Labute approximate surface area is 138 Å². The van der Waals surface area contributed by atoms with Crippen LogP contribution in [0.1, 0.15) is 17.5 Å². The molecule has 0 saturated heterocycles. The van der Waals surface area contributed by atoms with Gasteiger partial charge in [-0.3, -0.25) is 9.59 Å². The fourth-order valence-corrected chi connectivity index (χ4v) is 1.88. The number of phenols is 2. The molecule has 2 rings (SSSR count). The summed E-state index contributed by atoms with van der Waals surface area (Å²) in [6, 6.07) is 10.00. The van der Waals surface area contributed by atoms with Crippen molar-refractivity contribution >= 4 is 23.7 Å². The van der Waals surface area contributed by atoms with E-state index in [0.717, 1.165) is 11.6 Å². The van der Waals surface area contributed by atoms with Gasteiger partial charge in [0.05, 0.1) is 6.42 Å². The van der Waals surface area contributed by atoms with E-state index in [-0.39, 0.29) is 18.0 Å². The van der Waals surface area contributed by atoms with Gasteiger partial charge >= 0.3 is 0 Å². The molecule has 0 spiro atoms. The molecule has 0 heterocycles. The maximum absolute atomic E-state index is 13.2. The molecule has 0 radical (unpaired) electrons. The van der Waals surface area contributed by atoms with Crippen LogP contribution in [0.2, 0.25) is 0 Å². The lowest BCUT2D eigenvalue weighted by molar-refractivity contribution is -0.121. The Morgan fingerprint density at radius 3 is 2.00 bits per heavy atom. The van der Waals surface area contributed by atoms with Crippen LogP contribution >= 0.6 is 0 Å². The molecule has 0 atom stereocenters. The minimum atomic E-state index is -0.780. The van der Waals surface area contributed by atoms with Gasteiger partial charge in [0.1, 0.15) is 5.75 Å². The molecule has 0 aliphatic carbocycles. The molecule has 2 aromatic rings. The molecule has 0 unspecified atom stereocenters. The summed E-state index contributed by atoms with van der Waals surface area (Å²) in [5.74, 6) is -1.89. The van der Waals surface area contributed by atoms with Crippen molar-refractivity contribution in [3.63, 3.8) is 0 Å². The number of allylic oxidation sites excluding steroid dienone is 2. The maximum Gasteiger partial charge on any atom is 0.165 e. The minimum absolute atomic E-state index is 0.129. The molecule has 2 N–H and O–H groups in total. The summed E-state index contributed by atoms with van der Waals surface area (Å²) in [7, 11) is 0. The first kappa shape index (κ1) is 17.1. The molecule has 24 heavy (non-hydrogen) atoms. The number of aromatic hydroxyl groups is 2. The van der Waals surface area contributed by atoms with Crippen LogP contribution in [0.25, 0.3) is 12.2 Å². The van der Waals surface area contributed by atoms with Gasteiger partial charge in [0.15, 0.2) is 23.1 Å². The summed E-state index contributed by atoms with van der Waals surface area (Å²) in [5.41, 5.74) is 1.13. The second kappa shape index (κ2) is 7.87. The number of hydrogen-bond donors (Lipinski definition) is 2. The summed E-state index contributed by atoms with van der Waals surface area (Å²) >= 11 is 0. The Morgan fingerprint density at radius 1 is 0.875 bits per heavy atom. The van der Waals surface area contributed by atoms with E-state index in [1.807, 2.05) is 0 Å². The van der Waals surface area contributed by atoms with E-state index < -0.39 is 17.3 Å². The van der Waals surface area contributed by atoms with Crippen LogP contribution in [0, 0.1) is 5.82 Å². The quantitative estimate of drug-likeness (QED) is 0.629. The normalized spacial score (nSPS) is 11.2. The van der Waals surface area contributed by atoms with Crippen molar-refractivity contribution in [1.29, 1.82) is 0 Å². The smallest absolute Gasteiger partial charge is 0.165 e. The van der Waals surface area contributed by atoms with Gasteiger partial charge in [-0.2, -0.15) is 0 Å². The molecule has 0 saturated carbocycles. The average Bonchev–Trinajstić information content (AvgIpc) is 2.55. The number of rotatable bonds is 6. The van der Waals surface area contributed by atoms with Gasteiger partial charge < -0.3 is 10.2 Å². The Morgan fingerprint density at radius 2 is 1.42 bits per heavy atom. The first-order chi connectivity index (χ1) is 11.4. The zero-order valence-corrected chi connectivity index (χ0v) is 12.6. The SMILES string of the molecule is O=C(C=Cc1ccc(O)cc1)CC(=O)C=Cc1ccc(O)c(F)c1. The third-order valence-corrected chi connectivity index (χ3v) is 3.14. The fraction of sp³-hybridized carbons (Fsp3) is 0.0526. The highest BCUT2D eigenvalue weighted by molar-refractivity contribution is 6.10.